The lowest BCUT2D eigenvalue weighted by atomic mass is 10.00. The van der Waals surface area contributed by atoms with E-state index in [0.29, 0.717) is 32.8 Å². The van der Waals surface area contributed by atoms with Crippen LogP contribution in [0.4, 0.5) is 4.79 Å². The molecule has 0 saturated carbocycles. The zero-order valence-corrected chi connectivity index (χ0v) is 11.7. The second-order valence-electron chi connectivity index (χ2n) is 5.15. The van der Waals surface area contributed by atoms with Crippen molar-refractivity contribution < 1.29 is 14.3 Å². The lowest BCUT2D eigenvalue weighted by Gasteiger charge is -2.35. The molecular weight excluding hydrogens is 246 g/mol. The molecule has 2 heterocycles. The smallest absolute Gasteiger partial charge is 0.409 e. The second-order valence-corrected chi connectivity index (χ2v) is 5.15. The van der Waals surface area contributed by atoms with Crippen molar-refractivity contribution in [3.05, 3.63) is 0 Å². The van der Waals surface area contributed by atoms with Gasteiger partial charge in [0.2, 0.25) is 5.91 Å². The molecule has 2 saturated heterocycles. The SMILES string of the molecule is CCOC(=O)N1CCN(C(=O)C2CCNC2C)CC1. The molecule has 2 aliphatic rings. The first-order chi connectivity index (χ1) is 9.13. The van der Waals surface area contributed by atoms with Crippen molar-refractivity contribution in [2.75, 3.05) is 39.3 Å². The molecule has 6 heteroatoms. The van der Waals surface area contributed by atoms with Crippen LogP contribution < -0.4 is 5.32 Å². The van der Waals surface area contributed by atoms with Crippen LogP contribution in [0.1, 0.15) is 20.3 Å². The van der Waals surface area contributed by atoms with E-state index in [2.05, 4.69) is 12.2 Å². The van der Waals surface area contributed by atoms with Crippen LogP contribution in [0.3, 0.4) is 0 Å². The van der Waals surface area contributed by atoms with Gasteiger partial charge in [0.25, 0.3) is 0 Å². The molecule has 2 amide bonds. The summed E-state index contributed by atoms with van der Waals surface area (Å²) in [5.74, 6) is 0.315. The molecule has 1 N–H and O–H groups in total. The van der Waals surface area contributed by atoms with E-state index in [9.17, 15) is 9.59 Å². The minimum Gasteiger partial charge on any atom is -0.450 e. The fourth-order valence-corrected chi connectivity index (χ4v) is 2.75. The molecule has 0 spiro atoms. The van der Waals surface area contributed by atoms with Gasteiger partial charge in [-0.05, 0) is 26.8 Å². The summed E-state index contributed by atoms with van der Waals surface area (Å²) in [4.78, 5) is 27.5. The number of amides is 2. The van der Waals surface area contributed by atoms with Crippen molar-refractivity contribution in [2.45, 2.75) is 26.3 Å². The number of rotatable bonds is 2. The molecule has 2 fully saturated rings. The monoisotopic (exact) mass is 269 g/mol. The Hall–Kier alpha value is -1.30. The third kappa shape index (κ3) is 3.18. The number of nitrogens with one attached hydrogen (secondary N) is 1. The predicted octanol–water partition coefficient (Wildman–Crippen LogP) is 0.285. The summed E-state index contributed by atoms with van der Waals surface area (Å²) in [6.07, 6.45) is 0.642. The average molecular weight is 269 g/mol. The quantitative estimate of drug-likeness (QED) is 0.782. The number of hydrogen-bond donors (Lipinski definition) is 1. The molecule has 0 radical (unpaired) electrons. The molecule has 0 aromatic rings. The molecule has 2 aliphatic heterocycles. The molecule has 108 valence electrons. The molecule has 19 heavy (non-hydrogen) atoms. The number of nitrogens with zero attached hydrogens (tertiary/aromatic N) is 2. The summed E-state index contributed by atoms with van der Waals surface area (Å²) >= 11 is 0. The molecule has 2 atom stereocenters. The maximum Gasteiger partial charge on any atom is 0.409 e. The van der Waals surface area contributed by atoms with E-state index >= 15 is 0 Å². The van der Waals surface area contributed by atoms with E-state index < -0.39 is 0 Å². The third-order valence-electron chi connectivity index (χ3n) is 3.96. The Balaban J connectivity index is 1.82. The van der Waals surface area contributed by atoms with Crippen LogP contribution in [0.2, 0.25) is 0 Å². The summed E-state index contributed by atoms with van der Waals surface area (Å²) in [5, 5.41) is 3.30. The van der Waals surface area contributed by atoms with E-state index in [0.717, 1.165) is 13.0 Å². The van der Waals surface area contributed by atoms with Crippen molar-refractivity contribution >= 4 is 12.0 Å². The van der Waals surface area contributed by atoms with E-state index in [1.54, 1.807) is 11.8 Å². The Labute approximate surface area is 114 Å². The van der Waals surface area contributed by atoms with Gasteiger partial charge in [-0.1, -0.05) is 0 Å². The van der Waals surface area contributed by atoms with Crippen molar-refractivity contribution in [1.29, 1.82) is 0 Å². The minimum absolute atomic E-state index is 0.0918. The lowest BCUT2D eigenvalue weighted by Crippen LogP contribution is -2.52. The van der Waals surface area contributed by atoms with E-state index in [1.165, 1.54) is 0 Å². The van der Waals surface area contributed by atoms with E-state index in [4.69, 9.17) is 4.74 Å². The summed E-state index contributed by atoms with van der Waals surface area (Å²) in [7, 11) is 0. The standard InChI is InChI=1S/C13H23N3O3/c1-3-19-13(18)16-8-6-15(7-9-16)12(17)11-4-5-14-10(11)2/h10-11,14H,3-9H2,1-2H3. The van der Waals surface area contributed by atoms with Gasteiger partial charge in [-0.2, -0.15) is 0 Å². The van der Waals surface area contributed by atoms with Gasteiger partial charge in [0.1, 0.15) is 0 Å². The number of piperazine rings is 1. The highest BCUT2D eigenvalue weighted by Crippen LogP contribution is 2.19. The van der Waals surface area contributed by atoms with E-state index in [1.807, 2.05) is 4.90 Å². The number of carbonyl (C=O) groups excluding carboxylic acids is 2. The van der Waals surface area contributed by atoms with Gasteiger partial charge in [0, 0.05) is 32.2 Å². The molecule has 6 nitrogen and oxygen atoms in total. The minimum atomic E-state index is -0.273. The topological polar surface area (TPSA) is 61.9 Å². The Morgan fingerprint density at radius 2 is 1.84 bits per heavy atom. The van der Waals surface area contributed by atoms with Gasteiger partial charge in [0.05, 0.1) is 12.5 Å². The Bertz CT molecular complexity index is 340. The molecule has 2 rings (SSSR count). The van der Waals surface area contributed by atoms with Crippen LogP contribution in [0, 0.1) is 5.92 Å². The largest absolute Gasteiger partial charge is 0.450 e. The maximum absolute atomic E-state index is 12.4. The Morgan fingerprint density at radius 3 is 2.37 bits per heavy atom. The molecule has 2 unspecified atom stereocenters. The van der Waals surface area contributed by atoms with Gasteiger partial charge >= 0.3 is 6.09 Å². The van der Waals surface area contributed by atoms with Crippen LogP contribution >= 0.6 is 0 Å². The van der Waals surface area contributed by atoms with Crippen molar-refractivity contribution in [2.24, 2.45) is 5.92 Å². The number of hydrogen-bond acceptors (Lipinski definition) is 4. The molecule has 0 bridgehead atoms. The third-order valence-corrected chi connectivity index (χ3v) is 3.96. The van der Waals surface area contributed by atoms with Crippen LogP contribution in [0.25, 0.3) is 0 Å². The molecule has 0 aliphatic carbocycles. The van der Waals surface area contributed by atoms with Gasteiger partial charge < -0.3 is 19.9 Å². The predicted molar refractivity (Wildman–Crippen MR) is 70.7 cm³/mol. The summed E-state index contributed by atoms with van der Waals surface area (Å²) < 4.78 is 4.97. The van der Waals surface area contributed by atoms with E-state index in [-0.39, 0.29) is 24.0 Å². The summed E-state index contributed by atoms with van der Waals surface area (Å²) in [5.41, 5.74) is 0. The van der Waals surface area contributed by atoms with Crippen LogP contribution in [-0.2, 0) is 9.53 Å². The first-order valence-corrected chi connectivity index (χ1v) is 7.07. The van der Waals surface area contributed by atoms with Gasteiger partial charge in [0.15, 0.2) is 0 Å². The Kier molecular flexibility index (Phi) is 4.63. The highest BCUT2D eigenvalue weighted by Gasteiger charge is 2.34. The Morgan fingerprint density at radius 1 is 1.21 bits per heavy atom. The zero-order chi connectivity index (χ0) is 13.8. The maximum atomic E-state index is 12.4. The highest BCUT2D eigenvalue weighted by atomic mass is 16.6. The van der Waals surface area contributed by atoms with Gasteiger partial charge in [-0.25, -0.2) is 4.79 Å². The lowest BCUT2D eigenvalue weighted by molar-refractivity contribution is -0.137. The zero-order valence-electron chi connectivity index (χ0n) is 11.7. The number of carbonyl (C=O) groups is 2. The summed E-state index contributed by atoms with van der Waals surface area (Å²) in [6.45, 7) is 7.53. The number of ether oxygens (including phenoxy) is 1. The van der Waals surface area contributed by atoms with Crippen LogP contribution in [0.15, 0.2) is 0 Å². The van der Waals surface area contributed by atoms with Crippen molar-refractivity contribution in [3.8, 4) is 0 Å². The first kappa shape index (κ1) is 14.1. The van der Waals surface area contributed by atoms with Crippen LogP contribution in [-0.4, -0.2) is 67.2 Å². The molecular formula is C13H23N3O3. The van der Waals surface area contributed by atoms with Crippen LogP contribution in [0.5, 0.6) is 0 Å². The first-order valence-electron chi connectivity index (χ1n) is 7.07. The highest BCUT2D eigenvalue weighted by molar-refractivity contribution is 5.80. The fraction of sp³-hybridized carbons (Fsp3) is 0.846. The normalized spacial score (nSPS) is 27.5. The van der Waals surface area contributed by atoms with Gasteiger partial charge in [-0.3, -0.25) is 4.79 Å². The van der Waals surface area contributed by atoms with Gasteiger partial charge in [-0.15, -0.1) is 0 Å². The average Bonchev–Trinajstić information content (AvgIpc) is 2.84. The molecule has 0 aromatic heterocycles. The van der Waals surface area contributed by atoms with Crippen molar-refractivity contribution in [1.82, 2.24) is 15.1 Å². The second kappa shape index (κ2) is 6.23. The fourth-order valence-electron chi connectivity index (χ4n) is 2.75. The van der Waals surface area contributed by atoms with Crippen molar-refractivity contribution in [3.63, 3.8) is 0 Å². The molecule has 0 aromatic carbocycles. The summed E-state index contributed by atoms with van der Waals surface area (Å²) in [6, 6.07) is 0.260.